The molecule has 0 spiro atoms. The van der Waals surface area contributed by atoms with Crippen molar-refractivity contribution in [2.24, 2.45) is 5.73 Å². The van der Waals surface area contributed by atoms with Gasteiger partial charge in [0.05, 0.1) is 0 Å². The van der Waals surface area contributed by atoms with Crippen LogP contribution >= 0.6 is 0 Å². The average Bonchev–Trinajstić information content (AvgIpc) is 2.61. The Hall–Kier alpha value is -3.40. The van der Waals surface area contributed by atoms with E-state index in [0.29, 0.717) is 5.82 Å². The second kappa shape index (κ2) is 7.45. The minimum Gasteiger partial charge on any atom is -0.351 e. The van der Waals surface area contributed by atoms with E-state index in [1.54, 1.807) is 12.3 Å². The molecule has 2 aromatic carbocycles. The molecular formula is C21H19N3O. The highest BCUT2D eigenvalue weighted by Gasteiger charge is 2.08. The third-order valence-corrected chi connectivity index (χ3v) is 3.87. The summed E-state index contributed by atoms with van der Waals surface area (Å²) in [6, 6.07) is 21.5. The van der Waals surface area contributed by atoms with E-state index in [1.165, 1.54) is 5.56 Å². The SMILES string of the molecule is Cc1ccccc1/C(=C\c1ccnc(NC(N)=O)c1)c1ccccc1. The second-order valence-corrected chi connectivity index (χ2v) is 5.70. The molecule has 0 aliphatic rings. The van der Waals surface area contributed by atoms with Gasteiger partial charge in [-0.1, -0.05) is 54.6 Å². The molecule has 0 aliphatic carbocycles. The zero-order valence-corrected chi connectivity index (χ0v) is 13.9. The number of amides is 2. The van der Waals surface area contributed by atoms with E-state index < -0.39 is 6.03 Å². The van der Waals surface area contributed by atoms with Crippen LogP contribution in [0, 0.1) is 6.92 Å². The number of hydrogen-bond donors (Lipinski definition) is 2. The molecule has 0 atom stereocenters. The van der Waals surface area contributed by atoms with Gasteiger partial charge in [0, 0.05) is 6.20 Å². The Bertz CT molecular complexity index is 917. The van der Waals surface area contributed by atoms with E-state index in [4.69, 9.17) is 5.73 Å². The molecule has 0 fully saturated rings. The number of anilines is 1. The van der Waals surface area contributed by atoms with Crippen molar-refractivity contribution < 1.29 is 4.79 Å². The van der Waals surface area contributed by atoms with Crippen LogP contribution in [-0.2, 0) is 0 Å². The highest BCUT2D eigenvalue weighted by atomic mass is 16.2. The van der Waals surface area contributed by atoms with Crippen LogP contribution in [0.15, 0.2) is 72.9 Å². The minimum absolute atomic E-state index is 0.429. The van der Waals surface area contributed by atoms with Gasteiger partial charge >= 0.3 is 6.03 Å². The summed E-state index contributed by atoms with van der Waals surface area (Å²) >= 11 is 0. The molecule has 0 radical (unpaired) electrons. The number of carbonyl (C=O) groups excluding carboxylic acids is 1. The Labute approximate surface area is 147 Å². The molecule has 0 aliphatic heterocycles. The van der Waals surface area contributed by atoms with Crippen LogP contribution in [0.4, 0.5) is 10.6 Å². The molecule has 25 heavy (non-hydrogen) atoms. The van der Waals surface area contributed by atoms with Gasteiger partial charge in [-0.05, 0) is 53.0 Å². The van der Waals surface area contributed by atoms with Gasteiger partial charge < -0.3 is 5.73 Å². The number of aromatic nitrogens is 1. The zero-order valence-electron chi connectivity index (χ0n) is 13.9. The summed E-state index contributed by atoms with van der Waals surface area (Å²) in [6.45, 7) is 2.10. The number of carbonyl (C=O) groups is 1. The van der Waals surface area contributed by atoms with Crippen molar-refractivity contribution >= 4 is 23.5 Å². The number of primary amides is 1. The van der Waals surface area contributed by atoms with Crippen molar-refractivity contribution in [2.45, 2.75) is 6.92 Å². The monoisotopic (exact) mass is 329 g/mol. The molecule has 124 valence electrons. The highest BCUT2D eigenvalue weighted by Crippen LogP contribution is 2.28. The Morgan fingerprint density at radius 3 is 2.48 bits per heavy atom. The van der Waals surface area contributed by atoms with Crippen LogP contribution in [0.5, 0.6) is 0 Å². The Morgan fingerprint density at radius 1 is 1.04 bits per heavy atom. The molecule has 3 aromatic rings. The molecule has 2 amide bonds. The van der Waals surface area contributed by atoms with E-state index in [-0.39, 0.29) is 0 Å². The topological polar surface area (TPSA) is 68.0 Å². The molecule has 3 rings (SSSR count). The van der Waals surface area contributed by atoms with Crippen molar-refractivity contribution in [3.63, 3.8) is 0 Å². The average molecular weight is 329 g/mol. The summed E-state index contributed by atoms with van der Waals surface area (Å²) in [7, 11) is 0. The van der Waals surface area contributed by atoms with Crippen molar-refractivity contribution in [3.8, 4) is 0 Å². The van der Waals surface area contributed by atoms with E-state index in [9.17, 15) is 4.79 Å². The molecule has 1 heterocycles. The predicted octanol–water partition coefficient (Wildman–Crippen LogP) is 4.47. The lowest BCUT2D eigenvalue weighted by Gasteiger charge is -2.12. The molecule has 1 aromatic heterocycles. The normalized spacial score (nSPS) is 11.2. The number of hydrogen-bond acceptors (Lipinski definition) is 2. The number of rotatable bonds is 4. The summed E-state index contributed by atoms with van der Waals surface area (Å²) in [5, 5.41) is 2.51. The number of nitrogens with zero attached hydrogens (tertiary/aromatic N) is 1. The molecule has 4 heteroatoms. The Morgan fingerprint density at radius 2 is 1.76 bits per heavy atom. The third kappa shape index (κ3) is 4.12. The first kappa shape index (κ1) is 16.5. The van der Waals surface area contributed by atoms with Gasteiger partial charge in [0.15, 0.2) is 0 Å². The van der Waals surface area contributed by atoms with E-state index in [2.05, 4.69) is 47.6 Å². The first-order valence-corrected chi connectivity index (χ1v) is 7.99. The van der Waals surface area contributed by atoms with Crippen LogP contribution in [-0.4, -0.2) is 11.0 Å². The number of benzene rings is 2. The van der Waals surface area contributed by atoms with Crippen molar-refractivity contribution in [2.75, 3.05) is 5.32 Å². The quantitative estimate of drug-likeness (QED) is 0.741. The summed E-state index contributed by atoms with van der Waals surface area (Å²) in [5.74, 6) is 0.429. The first-order valence-electron chi connectivity index (χ1n) is 7.99. The van der Waals surface area contributed by atoms with Gasteiger partial charge in [-0.3, -0.25) is 5.32 Å². The van der Waals surface area contributed by atoms with E-state index >= 15 is 0 Å². The van der Waals surface area contributed by atoms with E-state index in [0.717, 1.165) is 22.3 Å². The number of aryl methyl sites for hydroxylation is 1. The van der Waals surface area contributed by atoms with Gasteiger partial charge in [0.1, 0.15) is 5.82 Å². The fourth-order valence-electron chi connectivity index (χ4n) is 2.71. The van der Waals surface area contributed by atoms with Crippen LogP contribution in [0.25, 0.3) is 11.6 Å². The maximum atomic E-state index is 11.0. The van der Waals surface area contributed by atoms with Crippen LogP contribution in [0.1, 0.15) is 22.3 Å². The maximum Gasteiger partial charge on any atom is 0.317 e. The molecule has 0 saturated heterocycles. The standard InChI is InChI=1S/C21H19N3O/c1-15-7-5-6-10-18(15)19(17-8-3-2-4-9-17)13-16-11-12-23-20(14-16)24-21(22)25/h2-14H,1H3,(H3,22,23,24,25)/b19-13-. The van der Waals surface area contributed by atoms with Crippen LogP contribution < -0.4 is 11.1 Å². The molecule has 0 bridgehead atoms. The van der Waals surface area contributed by atoms with Gasteiger partial charge in [-0.25, -0.2) is 9.78 Å². The Balaban J connectivity index is 2.11. The number of nitrogens with one attached hydrogen (secondary N) is 1. The van der Waals surface area contributed by atoms with Gasteiger partial charge in [0.2, 0.25) is 0 Å². The van der Waals surface area contributed by atoms with Gasteiger partial charge in [-0.15, -0.1) is 0 Å². The molecule has 3 N–H and O–H groups in total. The summed E-state index contributed by atoms with van der Waals surface area (Å²) in [5.41, 5.74) is 10.7. The molecule has 0 saturated carbocycles. The lowest BCUT2D eigenvalue weighted by molar-refractivity contribution is 0.259. The first-order chi connectivity index (χ1) is 12.1. The zero-order chi connectivity index (χ0) is 17.6. The fourth-order valence-corrected chi connectivity index (χ4v) is 2.71. The summed E-state index contributed by atoms with van der Waals surface area (Å²) in [4.78, 5) is 15.2. The summed E-state index contributed by atoms with van der Waals surface area (Å²) in [6.07, 6.45) is 3.74. The van der Waals surface area contributed by atoms with Crippen LogP contribution in [0.2, 0.25) is 0 Å². The number of nitrogens with two attached hydrogens (primary N) is 1. The second-order valence-electron chi connectivity index (χ2n) is 5.70. The fraction of sp³-hybridized carbons (Fsp3) is 0.0476. The molecular weight excluding hydrogens is 310 g/mol. The van der Waals surface area contributed by atoms with Gasteiger partial charge in [-0.2, -0.15) is 0 Å². The largest absolute Gasteiger partial charge is 0.351 e. The summed E-state index contributed by atoms with van der Waals surface area (Å²) < 4.78 is 0. The minimum atomic E-state index is -0.629. The predicted molar refractivity (Wildman–Crippen MR) is 102 cm³/mol. The van der Waals surface area contributed by atoms with Gasteiger partial charge in [0.25, 0.3) is 0 Å². The van der Waals surface area contributed by atoms with Crippen molar-refractivity contribution in [3.05, 3.63) is 95.2 Å². The molecule has 0 unspecified atom stereocenters. The maximum absolute atomic E-state index is 11.0. The highest BCUT2D eigenvalue weighted by molar-refractivity contribution is 5.93. The lowest BCUT2D eigenvalue weighted by Crippen LogP contribution is -2.19. The Kier molecular flexibility index (Phi) is 4.90. The lowest BCUT2D eigenvalue weighted by atomic mass is 9.93. The molecule has 4 nitrogen and oxygen atoms in total. The number of pyridine rings is 1. The van der Waals surface area contributed by atoms with E-state index in [1.807, 2.05) is 36.4 Å². The third-order valence-electron chi connectivity index (χ3n) is 3.87. The van der Waals surface area contributed by atoms with Crippen LogP contribution in [0.3, 0.4) is 0 Å². The number of urea groups is 1. The van der Waals surface area contributed by atoms with Crippen molar-refractivity contribution in [1.29, 1.82) is 0 Å². The van der Waals surface area contributed by atoms with Crippen molar-refractivity contribution in [1.82, 2.24) is 4.98 Å². The smallest absolute Gasteiger partial charge is 0.317 e.